The third-order valence-electron chi connectivity index (χ3n) is 3.23. The zero-order valence-electron chi connectivity index (χ0n) is 10.8. The second kappa shape index (κ2) is 5.14. The van der Waals surface area contributed by atoms with Gasteiger partial charge in [0.2, 0.25) is 5.91 Å². The normalized spacial score (nSPS) is 19.6. The molecule has 1 unspecified atom stereocenters. The number of aryl methyl sites for hydroxylation is 1. The van der Waals surface area contributed by atoms with E-state index in [0.717, 1.165) is 17.1 Å². The maximum absolute atomic E-state index is 12.0. The zero-order chi connectivity index (χ0) is 13.3. The minimum atomic E-state index is 0.110. The van der Waals surface area contributed by atoms with E-state index in [4.69, 9.17) is 0 Å². The third-order valence-corrected chi connectivity index (χ3v) is 4.27. The number of amides is 1. The monoisotopic (exact) mass is 267 g/mol. The van der Waals surface area contributed by atoms with Crippen molar-refractivity contribution in [3.63, 3.8) is 0 Å². The fraction of sp³-hybridized carbons (Fsp3) is 0.583. The van der Waals surface area contributed by atoms with Crippen molar-refractivity contribution in [2.75, 3.05) is 17.2 Å². The number of thioether (sulfide) groups is 1. The van der Waals surface area contributed by atoms with Crippen LogP contribution in [0.1, 0.15) is 19.0 Å². The van der Waals surface area contributed by atoms with E-state index in [1.807, 2.05) is 14.0 Å². The van der Waals surface area contributed by atoms with Crippen molar-refractivity contribution < 1.29 is 9.59 Å². The summed E-state index contributed by atoms with van der Waals surface area (Å²) in [6.07, 6.45) is 2.25. The molecule has 1 atom stereocenters. The first-order valence-electron chi connectivity index (χ1n) is 5.91. The van der Waals surface area contributed by atoms with Crippen LogP contribution in [0.25, 0.3) is 0 Å². The van der Waals surface area contributed by atoms with Crippen LogP contribution in [0.5, 0.6) is 0 Å². The zero-order valence-corrected chi connectivity index (χ0v) is 11.7. The van der Waals surface area contributed by atoms with Gasteiger partial charge in [-0.2, -0.15) is 5.10 Å². The number of rotatable bonds is 3. The van der Waals surface area contributed by atoms with E-state index >= 15 is 0 Å². The number of carbonyl (C=O) groups is 2. The highest BCUT2D eigenvalue weighted by molar-refractivity contribution is 8.13. The van der Waals surface area contributed by atoms with Gasteiger partial charge in [0.1, 0.15) is 0 Å². The van der Waals surface area contributed by atoms with Crippen LogP contribution in [0.2, 0.25) is 0 Å². The van der Waals surface area contributed by atoms with Crippen molar-refractivity contribution in [3.8, 4) is 0 Å². The summed E-state index contributed by atoms with van der Waals surface area (Å²) < 4.78 is 1.76. The number of hydrogen-bond donors (Lipinski definition) is 0. The van der Waals surface area contributed by atoms with Crippen molar-refractivity contribution in [3.05, 3.63) is 11.9 Å². The summed E-state index contributed by atoms with van der Waals surface area (Å²) in [6.45, 7) is 4.20. The van der Waals surface area contributed by atoms with Gasteiger partial charge in [0, 0.05) is 32.7 Å². The Kier molecular flexibility index (Phi) is 3.75. The Balaban J connectivity index is 2.05. The molecular weight excluding hydrogens is 250 g/mol. The molecule has 1 aliphatic rings. The van der Waals surface area contributed by atoms with Crippen molar-refractivity contribution >= 4 is 28.5 Å². The van der Waals surface area contributed by atoms with Crippen LogP contribution in [0, 0.1) is 12.8 Å². The van der Waals surface area contributed by atoms with Crippen LogP contribution in [0.3, 0.4) is 0 Å². The molecule has 2 rings (SSSR count). The van der Waals surface area contributed by atoms with Gasteiger partial charge in [-0.3, -0.25) is 14.3 Å². The fourth-order valence-electron chi connectivity index (χ4n) is 2.11. The second-order valence-corrected chi connectivity index (χ2v) is 5.81. The van der Waals surface area contributed by atoms with Crippen LogP contribution >= 0.6 is 11.8 Å². The van der Waals surface area contributed by atoms with Crippen LogP contribution in [-0.2, 0) is 16.6 Å². The molecule has 0 N–H and O–H groups in total. The molecule has 6 heteroatoms. The minimum absolute atomic E-state index is 0.110. The molecule has 2 heterocycles. The Hall–Kier alpha value is -1.30. The molecule has 1 fully saturated rings. The number of aromatic nitrogens is 2. The molecule has 0 bridgehead atoms. The van der Waals surface area contributed by atoms with Gasteiger partial charge < -0.3 is 4.90 Å². The fourth-order valence-corrected chi connectivity index (χ4v) is 2.81. The number of hydrogen-bond acceptors (Lipinski definition) is 4. The molecule has 1 aromatic rings. The molecule has 0 aliphatic carbocycles. The maximum Gasteiger partial charge on any atom is 0.227 e. The van der Waals surface area contributed by atoms with E-state index in [0.29, 0.717) is 13.0 Å². The second-order valence-electron chi connectivity index (χ2n) is 4.62. The third kappa shape index (κ3) is 2.58. The van der Waals surface area contributed by atoms with Gasteiger partial charge >= 0.3 is 0 Å². The molecule has 1 aliphatic heterocycles. The van der Waals surface area contributed by atoms with Crippen molar-refractivity contribution in [2.45, 2.75) is 20.3 Å². The van der Waals surface area contributed by atoms with E-state index in [1.165, 1.54) is 11.8 Å². The standard InChI is InChI=1S/C12H17N3O2S/c1-8-11(5-13-14(8)3)15-6-10(4-12(15)17)7-18-9(2)16/h5,10H,4,6-7H2,1-3H3. The largest absolute Gasteiger partial charge is 0.309 e. The van der Waals surface area contributed by atoms with Gasteiger partial charge in [-0.05, 0) is 12.8 Å². The lowest BCUT2D eigenvalue weighted by molar-refractivity contribution is -0.117. The molecule has 5 nitrogen and oxygen atoms in total. The summed E-state index contributed by atoms with van der Waals surface area (Å²) in [6, 6.07) is 0. The van der Waals surface area contributed by atoms with E-state index in [1.54, 1.807) is 22.7 Å². The van der Waals surface area contributed by atoms with Crippen molar-refractivity contribution in [2.24, 2.45) is 13.0 Å². The Labute approximate surface area is 111 Å². The minimum Gasteiger partial charge on any atom is -0.309 e. The molecule has 1 saturated heterocycles. The van der Waals surface area contributed by atoms with Gasteiger partial charge in [0.25, 0.3) is 0 Å². The summed E-state index contributed by atoms with van der Waals surface area (Å²) in [4.78, 5) is 24.7. The highest BCUT2D eigenvalue weighted by Crippen LogP contribution is 2.29. The van der Waals surface area contributed by atoms with E-state index < -0.39 is 0 Å². The van der Waals surface area contributed by atoms with E-state index in [9.17, 15) is 9.59 Å². The Morgan fingerprint density at radius 2 is 2.33 bits per heavy atom. The van der Waals surface area contributed by atoms with Gasteiger partial charge in [-0.15, -0.1) is 0 Å². The smallest absolute Gasteiger partial charge is 0.227 e. The molecule has 18 heavy (non-hydrogen) atoms. The lowest BCUT2D eigenvalue weighted by atomic mass is 10.1. The average Bonchev–Trinajstić information content (AvgIpc) is 2.82. The molecule has 0 radical (unpaired) electrons. The highest BCUT2D eigenvalue weighted by Gasteiger charge is 2.32. The first-order chi connectivity index (χ1) is 8.49. The Bertz CT molecular complexity index is 484. The topological polar surface area (TPSA) is 55.2 Å². The summed E-state index contributed by atoms with van der Waals surface area (Å²) in [5.41, 5.74) is 1.88. The molecule has 1 aromatic heterocycles. The predicted molar refractivity (Wildman–Crippen MR) is 71.5 cm³/mol. The van der Waals surface area contributed by atoms with Crippen LogP contribution in [-0.4, -0.2) is 33.1 Å². The van der Waals surface area contributed by atoms with Gasteiger partial charge in [0.15, 0.2) is 5.12 Å². The molecule has 0 aromatic carbocycles. The Morgan fingerprint density at radius 1 is 1.61 bits per heavy atom. The van der Waals surface area contributed by atoms with Gasteiger partial charge in [-0.1, -0.05) is 11.8 Å². The molecule has 0 spiro atoms. The highest BCUT2D eigenvalue weighted by atomic mass is 32.2. The first kappa shape index (κ1) is 13.1. The van der Waals surface area contributed by atoms with Crippen LogP contribution in [0.4, 0.5) is 5.69 Å². The van der Waals surface area contributed by atoms with Crippen molar-refractivity contribution in [1.82, 2.24) is 9.78 Å². The van der Waals surface area contributed by atoms with E-state index in [2.05, 4.69) is 5.10 Å². The van der Waals surface area contributed by atoms with Crippen molar-refractivity contribution in [1.29, 1.82) is 0 Å². The summed E-state index contributed by atoms with van der Waals surface area (Å²) in [5.74, 6) is 1.10. The lowest BCUT2D eigenvalue weighted by Gasteiger charge is -2.15. The lowest BCUT2D eigenvalue weighted by Crippen LogP contribution is -2.25. The molecular formula is C12H17N3O2S. The van der Waals surface area contributed by atoms with Gasteiger partial charge in [-0.25, -0.2) is 0 Å². The van der Waals surface area contributed by atoms with E-state index in [-0.39, 0.29) is 16.9 Å². The quantitative estimate of drug-likeness (QED) is 0.830. The maximum atomic E-state index is 12.0. The Morgan fingerprint density at radius 3 is 2.89 bits per heavy atom. The average molecular weight is 267 g/mol. The molecule has 1 amide bonds. The number of carbonyl (C=O) groups excluding carboxylic acids is 2. The van der Waals surface area contributed by atoms with Gasteiger partial charge in [0.05, 0.1) is 17.6 Å². The molecule has 0 saturated carbocycles. The number of nitrogens with zero attached hydrogens (tertiary/aromatic N) is 3. The summed E-state index contributed by atoms with van der Waals surface area (Å²) in [7, 11) is 1.86. The summed E-state index contributed by atoms with van der Waals surface area (Å²) in [5, 5.41) is 4.27. The predicted octanol–water partition coefficient (Wildman–Crippen LogP) is 1.36. The molecule has 98 valence electrons. The van der Waals surface area contributed by atoms with Crippen LogP contribution < -0.4 is 4.90 Å². The summed E-state index contributed by atoms with van der Waals surface area (Å²) >= 11 is 1.30. The number of anilines is 1. The SMILES string of the molecule is CC(=O)SCC1CC(=O)N(c2cnn(C)c2C)C1. The first-order valence-corrected chi connectivity index (χ1v) is 6.90. The van der Waals surface area contributed by atoms with Crippen LogP contribution in [0.15, 0.2) is 6.20 Å².